The predicted molar refractivity (Wildman–Crippen MR) is 134 cm³/mol. The molecule has 0 bridgehead atoms. The van der Waals surface area contributed by atoms with Gasteiger partial charge >= 0.3 is 6.03 Å². The van der Waals surface area contributed by atoms with Crippen molar-refractivity contribution < 1.29 is 22.8 Å². The fourth-order valence-corrected chi connectivity index (χ4v) is 6.12. The van der Waals surface area contributed by atoms with Crippen LogP contribution in [0.25, 0.3) is 0 Å². The molecule has 3 amide bonds. The minimum Gasteiger partial charge on any atom is -0.319 e. The van der Waals surface area contributed by atoms with Gasteiger partial charge in [0.05, 0.1) is 18.5 Å². The Morgan fingerprint density at radius 1 is 1.11 bits per heavy atom. The van der Waals surface area contributed by atoms with Crippen LogP contribution in [0.1, 0.15) is 61.7 Å². The van der Waals surface area contributed by atoms with Crippen LogP contribution in [0, 0.1) is 0 Å². The van der Waals surface area contributed by atoms with Gasteiger partial charge in [-0.2, -0.15) is 0 Å². The van der Waals surface area contributed by atoms with E-state index >= 15 is 0 Å². The second-order valence-electron chi connectivity index (χ2n) is 10.7. The summed E-state index contributed by atoms with van der Waals surface area (Å²) in [5, 5.41) is 2.74. The molecule has 0 aromatic heterocycles. The number of fused-ring (bicyclic) bond motifs is 1. The molecule has 1 saturated heterocycles. The third-order valence-corrected chi connectivity index (χ3v) is 8.09. The molecule has 2 aromatic rings. The van der Waals surface area contributed by atoms with E-state index in [-0.39, 0.29) is 11.5 Å². The number of Topliss-reactive ketones (excluding diaryl/α,β-unsaturated/α-hetero) is 1. The number of nitrogens with one attached hydrogen (secondary N) is 1. The van der Waals surface area contributed by atoms with Crippen molar-refractivity contribution in [1.29, 1.82) is 0 Å². The molecule has 0 saturated carbocycles. The molecule has 0 aliphatic carbocycles. The summed E-state index contributed by atoms with van der Waals surface area (Å²) in [6.07, 6.45) is 1.64. The summed E-state index contributed by atoms with van der Waals surface area (Å²) in [4.78, 5) is 40.0. The monoisotopic (exact) mass is 497 g/mol. The highest BCUT2D eigenvalue weighted by atomic mass is 32.2. The van der Waals surface area contributed by atoms with Gasteiger partial charge in [-0.1, -0.05) is 45.0 Å². The molecule has 186 valence electrons. The molecule has 0 radical (unpaired) electrons. The summed E-state index contributed by atoms with van der Waals surface area (Å²) in [7, 11) is -3.44. The smallest absolute Gasteiger partial charge is 0.319 e. The third-order valence-electron chi connectivity index (χ3n) is 6.82. The molecule has 1 N–H and O–H groups in total. The van der Waals surface area contributed by atoms with Crippen molar-refractivity contribution in [2.75, 3.05) is 17.1 Å². The van der Waals surface area contributed by atoms with E-state index in [0.717, 1.165) is 22.3 Å². The maximum atomic E-state index is 13.3. The Kier molecular flexibility index (Phi) is 5.83. The van der Waals surface area contributed by atoms with Crippen molar-refractivity contribution in [3.8, 4) is 0 Å². The van der Waals surface area contributed by atoms with E-state index in [4.69, 9.17) is 0 Å². The fourth-order valence-electron chi connectivity index (χ4n) is 4.86. The molecule has 0 spiro atoms. The zero-order valence-corrected chi connectivity index (χ0v) is 21.7. The first-order chi connectivity index (χ1) is 16.1. The van der Waals surface area contributed by atoms with Gasteiger partial charge in [0.15, 0.2) is 5.78 Å². The van der Waals surface area contributed by atoms with Crippen LogP contribution in [-0.4, -0.2) is 49.9 Å². The molecule has 8 nitrogen and oxygen atoms in total. The highest BCUT2D eigenvalue weighted by molar-refractivity contribution is 7.92. The lowest BCUT2D eigenvalue weighted by Gasteiger charge is -2.24. The topological polar surface area (TPSA) is 104 Å². The van der Waals surface area contributed by atoms with Crippen molar-refractivity contribution in [1.82, 2.24) is 10.2 Å². The molecular formula is C26H31N3O5S. The van der Waals surface area contributed by atoms with Gasteiger partial charge in [-0.15, -0.1) is 0 Å². The van der Waals surface area contributed by atoms with Gasteiger partial charge in [0.25, 0.3) is 5.91 Å². The third kappa shape index (κ3) is 4.33. The number of imide groups is 1. The zero-order chi connectivity index (χ0) is 25.9. The summed E-state index contributed by atoms with van der Waals surface area (Å²) < 4.78 is 25.6. The number of nitrogens with zero attached hydrogens (tertiary/aromatic N) is 2. The van der Waals surface area contributed by atoms with Crippen molar-refractivity contribution in [3.05, 3.63) is 64.7 Å². The predicted octanol–water partition coefficient (Wildman–Crippen LogP) is 3.34. The van der Waals surface area contributed by atoms with Crippen molar-refractivity contribution >= 4 is 33.4 Å². The van der Waals surface area contributed by atoms with E-state index in [1.165, 1.54) is 4.31 Å². The molecular weight excluding hydrogens is 466 g/mol. The minimum absolute atomic E-state index is 0.0488. The number of rotatable bonds is 5. The van der Waals surface area contributed by atoms with E-state index in [9.17, 15) is 22.8 Å². The summed E-state index contributed by atoms with van der Waals surface area (Å²) in [5.41, 5.74) is 2.06. The van der Waals surface area contributed by atoms with Crippen LogP contribution in [0.2, 0.25) is 0 Å². The first kappa shape index (κ1) is 24.9. The number of amides is 3. The van der Waals surface area contributed by atoms with Gasteiger partial charge in [-0.05, 0) is 60.6 Å². The molecule has 2 aliphatic heterocycles. The molecule has 2 heterocycles. The number of ketones is 1. The number of anilines is 1. The average molecular weight is 498 g/mol. The van der Waals surface area contributed by atoms with E-state index in [1.807, 2.05) is 31.2 Å². The maximum absolute atomic E-state index is 13.3. The van der Waals surface area contributed by atoms with Crippen LogP contribution >= 0.6 is 0 Å². The number of benzene rings is 2. The summed E-state index contributed by atoms with van der Waals surface area (Å²) in [6, 6.07) is 11.5. The highest BCUT2D eigenvalue weighted by Crippen LogP contribution is 2.35. The lowest BCUT2D eigenvalue weighted by Crippen LogP contribution is -2.41. The van der Waals surface area contributed by atoms with Crippen LogP contribution in [-0.2, 0) is 32.2 Å². The summed E-state index contributed by atoms with van der Waals surface area (Å²) in [5.74, 6) is -0.883. The molecule has 1 fully saturated rings. The number of sulfonamides is 1. The van der Waals surface area contributed by atoms with Crippen LogP contribution in [0.4, 0.5) is 10.5 Å². The number of carbonyl (C=O) groups excluding carboxylic acids is 3. The quantitative estimate of drug-likeness (QED) is 0.504. The average Bonchev–Trinajstić information content (AvgIpc) is 3.21. The molecule has 2 unspecified atom stereocenters. The second-order valence-corrected chi connectivity index (χ2v) is 12.5. The Bertz CT molecular complexity index is 1330. The number of hydrogen-bond donors (Lipinski definition) is 1. The molecule has 9 heteroatoms. The largest absolute Gasteiger partial charge is 0.325 e. The molecule has 2 aromatic carbocycles. The van der Waals surface area contributed by atoms with Gasteiger partial charge in [0.1, 0.15) is 5.54 Å². The maximum Gasteiger partial charge on any atom is 0.325 e. The van der Waals surface area contributed by atoms with Crippen LogP contribution in [0.5, 0.6) is 0 Å². The zero-order valence-electron chi connectivity index (χ0n) is 20.9. The van der Waals surface area contributed by atoms with Crippen molar-refractivity contribution in [2.24, 2.45) is 0 Å². The van der Waals surface area contributed by atoms with Crippen LogP contribution < -0.4 is 9.62 Å². The highest BCUT2D eigenvalue weighted by Gasteiger charge is 2.49. The van der Waals surface area contributed by atoms with Crippen LogP contribution in [0.15, 0.2) is 42.5 Å². The first-order valence-corrected chi connectivity index (χ1v) is 13.4. The fraction of sp³-hybridized carbons (Fsp3) is 0.423. The summed E-state index contributed by atoms with van der Waals surface area (Å²) in [6.45, 7) is 9.34. The molecule has 35 heavy (non-hydrogen) atoms. The second kappa shape index (κ2) is 8.19. The Balaban J connectivity index is 1.55. The lowest BCUT2D eigenvalue weighted by atomic mass is 9.84. The van der Waals surface area contributed by atoms with Gasteiger partial charge < -0.3 is 5.32 Å². The Morgan fingerprint density at radius 2 is 1.74 bits per heavy atom. The van der Waals surface area contributed by atoms with Crippen molar-refractivity contribution in [2.45, 2.75) is 58.0 Å². The van der Waals surface area contributed by atoms with Gasteiger partial charge in [0, 0.05) is 11.6 Å². The Hall–Kier alpha value is -3.20. The molecule has 2 atom stereocenters. The summed E-state index contributed by atoms with van der Waals surface area (Å²) >= 11 is 0. The number of carbonyl (C=O) groups is 3. The van der Waals surface area contributed by atoms with E-state index in [1.54, 1.807) is 25.1 Å². The van der Waals surface area contributed by atoms with E-state index in [0.29, 0.717) is 23.2 Å². The molecule has 4 rings (SSSR count). The SMILES string of the molecule is CC1Cc2cc(C(=O)CN3C(=O)NC(C)(c4ccc(C(C)(C)C)cc4)C3=O)ccc2N1S(C)(=O)=O. The molecule has 2 aliphatic rings. The number of urea groups is 1. The first-order valence-electron chi connectivity index (χ1n) is 11.5. The van der Waals surface area contributed by atoms with E-state index < -0.39 is 39.8 Å². The van der Waals surface area contributed by atoms with E-state index in [2.05, 4.69) is 26.1 Å². The van der Waals surface area contributed by atoms with Crippen LogP contribution in [0.3, 0.4) is 0 Å². The van der Waals surface area contributed by atoms with Gasteiger partial charge in [0.2, 0.25) is 10.0 Å². The Labute approximate surface area is 206 Å². The standard InChI is InChI=1S/C26H31N3O5S/c1-16-13-18-14-17(7-12-21(18)29(16)35(6,33)34)22(30)15-28-23(31)26(5,27-24(28)32)20-10-8-19(9-11-20)25(2,3)4/h7-12,14,16H,13,15H2,1-6H3,(H,27,32). The lowest BCUT2D eigenvalue weighted by molar-refractivity contribution is -0.130. The van der Waals surface area contributed by atoms with Crippen molar-refractivity contribution in [3.63, 3.8) is 0 Å². The van der Waals surface area contributed by atoms with Gasteiger partial charge in [-0.3, -0.25) is 18.8 Å². The number of hydrogen-bond acceptors (Lipinski definition) is 5. The van der Waals surface area contributed by atoms with Gasteiger partial charge in [-0.25, -0.2) is 13.2 Å². The Morgan fingerprint density at radius 3 is 2.31 bits per heavy atom. The normalized spacial score (nSPS) is 22.4. The minimum atomic E-state index is -3.44.